The van der Waals surface area contributed by atoms with E-state index >= 15 is 0 Å². The van der Waals surface area contributed by atoms with Crippen LogP contribution < -0.4 is 0 Å². The Morgan fingerprint density at radius 3 is 2.45 bits per heavy atom. The van der Waals surface area contributed by atoms with Crippen molar-refractivity contribution in [3.63, 3.8) is 0 Å². The molecule has 3 fully saturated rings. The zero-order valence-corrected chi connectivity index (χ0v) is 24.8. The zero-order valence-electron chi connectivity index (χ0n) is 24.8. The highest BCUT2D eigenvalue weighted by molar-refractivity contribution is 5.94. The minimum Gasteiger partial charge on any atom is -0.472 e. The minimum atomic E-state index is -0.910. The molecule has 7 atom stereocenters. The summed E-state index contributed by atoms with van der Waals surface area (Å²) in [5, 5.41) is 0. The Hall–Kier alpha value is -3.68. The fraction of sp³-hybridized carbons (Fsp3) is 0.529. The van der Waals surface area contributed by atoms with Crippen LogP contribution in [0.4, 0.5) is 0 Å². The molecule has 0 N–H and O–H groups in total. The second-order valence-electron chi connectivity index (χ2n) is 13.4. The maximum absolute atomic E-state index is 14.6. The monoisotopic (exact) mass is 574 g/mol. The van der Waals surface area contributed by atoms with Gasteiger partial charge in [0, 0.05) is 28.2 Å². The van der Waals surface area contributed by atoms with E-state index in [0.717, 1.165) is 16.7 Å². The molecule has 1 aliphatic heterocycles. The number of cyclic esters (lactones) is 1. The van der Waals surface area contributed by atoms with Crippen molar-refractivity contribution in [2.75, 3.05) is 7.11 Å². The Bertz CT molecular complexity index is 1450. The number of benzene rings is 1. The highest BCUT2D eigenvalue weighted by Gasteiger charge is 2.68. The summed E-state index contributed by atoms with van der Waals surface area (Å²) in [6.07, 6.45) is 3.91. The third-order valence-electron chi connectivity index (χ3n) is 11.0. The van der Waals surface area contributed by atoms with Gasteiger partial charge in [0.05, 0.1) is 37.5 Å². The van der Waals surface area contributed by atoms with Gasteiger partial charge >= 0.3 is 17.9 Å². The first-order valence-corrected chi connectivity index (χ1v) is 14.7. The van der Waals surface area contributed by atoms with Gasteiger partial charge in [-0.3, -0.25) is 14.4 Å². The van der Waals surface area contributed by atoms with Gasteiger partial charge in [0.1, 0.15) is 18.0 Å². The van der Waals surface area contributed by atoms with Crippen LogP contribution in [0.1, 0.15) is 81.8 Å². The number of Topliss-reactive ketones (excluding diaryl/α,β-unsaturated/α-hetero) is 1. The van der Waals surface area contributed by atoms with E-state index in [0.29, 0.717) is 24.8 Å². The Balaban J connectivity index is 1.49. The predicted octanol–water partition coefficient (Wildman–Crippen LogP) is 6.02. The Morgan fingerprint density at radius 2 is 1.79 bits per heavy atom. The van der Waals surface area contributed by atoms with Crippen molar-refractivity contribution in [1.29, 1.82) is 0 Å². The van der Waals surface area contributed by atoms with Gasteiger partial charge in [-0.25, -0.2) is 4.79 Å². The average Bonchev–Trinajstić information content (AvgIpc) is 3.51. The van der Waals surface area contributed by atoms with Crippen molar-refractivity contribution >= 4 is 23.7 Å². The van der Waals surface area contributed by atoms with Crippen molar-refractivity contribution in [1.82, 2.24) is 0 Å². The number of carbonyl (C=O) groups excluding carboxylic acids is 4. The minimum absolute atomic E-state index is 0.0179. The summed E-state index contributed by atoms with van der Waals surface area (Å²) in [4.78, 5) is 53.9. The van der Waals surface area contributed by atoms with E-state index in [1.165, 1.54) is 7.11 Å². The van der Waals surface area contributed by atoms with E-state index in [1.807, 2.05) is 32.9 Å². The average molecular weight is 575 g/mol. The highest BCUT2D eigenvalue weighted by Crippen LogP contribution is 2.68. The van der Waals surface area contributed by atoms with Crippen molar-refractivity contribution in [3.05, 3.63) is 71.2 Å². The van der Waals surface area contributed by atoms with Crippen LogP contribution in [0.25, 0.3) is 0 Å². The van der Waals surface area contributed by atoms with Crippen LogP contribution in [0.5, 0.6) is 0 Å². The van der Waals surface area contributed by atoms with E-state index in [1.54, 1.807) is 36.8 Å². The quantitative estimate of drug-likeness (QED) is 0.242. The number of ketones is 1. The topological polar surface area (TPSA) is 109 Å². The Kier molecular flexibility index (Phi) is 6.74. The number of rotatable bonds is 5. The molecule has 8 nitrogen and oxygen atoms in total. The van der Waals surface area contributed by atoms with Crippen LogP contribution in [-0.4, -0.2) is 36.9 Å². The third kappa shape index (κ3) is 4.08. The predicted molar refractivity (Wildman–Crippen MR) is 151 cm³/mol. The van der Waals surface area contributed by atoms with Gasteiger partial charge in [-0.1, -0.05) is 51.5 Å². The maximum atomic E-state index is 14.6. The summed E-state index contributed by atoms with van der Waals surface area (Å²) in [7, 11) is 1.35. The molecule has 0 amide bonds. The van der Waals surface area contributed by atoms with Gasteiger partial charge in [-0.2, -0.15) is 0 Å². The lowest BCUT2D eigenvalue weighted by Gasteiger charge is -2.63. The summed E-state index contributed by atoms with van der Waals surface area (Å²) in [6, 6.07) is 10.6. The number of furan rings is 1. The molecule has 3 aliphatic carbocycles. The smallest absolute Gasteiger partial charge is 0.338 e. The number of fused-ring (bicyclic) bond motifs is 5. The lowest BCUT2D eigenvalue weighted by atomic mass is 9.40. The molecule has 0 spiro atoms. The lowest BCUT2D eigenvalue weighted by molar-refractivity contribution is -0.186. The summed E-state index contributed by atoms with van der Waals surface area (Å²) in [6.45, 7) is 8.11. The molecular weight excluding hydrogens is 536 g/mol. The fourth-order valence-electron chi connectivity index (χ4n) is 8.95. The molecule has 222 valence electrons. The first-order chi connectivity index (χ1) is 19.9. The molecule has 1 saturated heterocycles. The SMILES string of the molecule is COC(=O)C[C@H]1C(C)(C)[C@H](OC(=O)c2ccccc2)[C@@H]2CC3=C4CC(=O)O[C@@H](c5ccoc5)[C@]4(C)CC[C@@H]3[C@@]1(C)C2=O. The van der Waals surface area contributed by atoms with Crippen LogP contribution in [0, 0.1) is 34.0 Å². The molecule has 6 rings (SSSR count). The van der Waals surface area contributed by atoms with Crippen LogP contribution in [0.2, 0.25) is 0 Å². The summed E-state index contributed by atoms with van der Waals surface area (Å²) >= 11 is 0. The number of carbonyl (C=O) groups is 4. The molecule has 0 unspecified atom stereocenters. The first-order valence-electron chi connectivity index (χ1n) is 14.7. The van der Waals surface area contributed by atoms with Gasteiger partial charge in [0.15, 0.2) is 0 Å². The van der Waals surface area contributed by atoms with Crippen LogP contribution in [0.3, 0.4) is 0 Å². The van der Waals surface area contributed by atoms with Crippen molar-refractivity contribution in [3.8, 4) is 0 Å². The Labute approximate surface area is 245 Å². The summed E-state index contributed by atoms with van der Waals surface area (Å²) < 4.78 is 22.6. The third-order valence-corrected chi connectivity index (χ3v) is 11.0. The van der Waals surface area contributed by atoms with Crippen LogP contribution >= 0.6 is 0 Å². The number of esters is 3. The number of allylic oxidation sites excluding steroid dienone is 1. The number of ether oxygens (including phenoxy) is 3. The normalized spacial score (nSPS) is 35.0. The van der Waals surface area contributed by atoms with Crippen LogP contribution in [0.15, 0.2) is 64.5 Å². The molecule has 4 aliphatic rings. The van der Waals surface area contributed by atoms with Gasteiger partial charge < -0.3 is 18.6 Å². The molecule has 2 aromatic rings. The number of methoxy groups -OCH3 is 1. The highest BCUT2D eigenvalue weighted by atomic mass is 16.6. The molecule has 8 heteroatoms. The van der Waals surface area contributed by atoms with E-state index in [2.05, 4.69) is 6.92 Å². The van der Waals surface area contributed by atoms with Gasteiger partial charge in [0.2, 0.25) is 0 Å². The standard InChI is InChI=1S/C34H38O8/c1-32(2)25(17-26(35)39-5)34(4)23-11-13-33(3)24(16-27(36)41-29(33)20-12-14-40-18-20)21(23)15-22(28(34)37)30(32)42-31(38)19-9-7-6-8-10-19/h6-10,12,14,18,22-23,25,29-30H,11,13,15-17H2,1-5H3/t22-,23+,25+,29+,30-,33-,34-/m1/s1. The molecule has 2 saturated carbocycles. The van der Waals surface area contributed by atoms with E-state index in [9.17, 15) is 19.2 Å². The zero-order chi connectivity index (χ0) is 30.0. The second kappa shape index (κ2) is 9.96. The molecular formula is C34H38O8. The van der Waals surface area contributed by atoms with Crippen molar-refractivity contribution in [2.24, 2.45) is 34.0 Å². The molecule has 2 heterocycles. The van der Waals surface area contributed by atoms with Crippen molar-refractivity contribution in [2.45, 2.75) is 72.0 Å². The van der Waals surface area contributed by atoms with E-state index in [4.69, 9.17) is 18.6 Å². The fourth-order valence-corrected chi connectivity index (χ4v) is 8.95. The first kappa shape index (κ1) is 28.4. The molecule has 42 heavy (non-hydrogen) atoms. The van der Waals surface area contributed by atoms with E-state index in [-0.39, 0.29) is 30.5 Å². The summed E-state index contributed by atoms with van der Waals surface area (Å²) in [5.74, 6) is -2.43. The van der Waals surface area contributed by atoms with Gasteiger partial charge in [-0.15, -0.1) is 0 Å². The molecule has 0 radical (unpaired) electrons. The van der Waals surface area contributed by atoms with Crippen molar-refractivity contribution < 1.29 is 37.8 Å². The van der Waals surface area contributed by atoms with E-state index < -0.39 is 52.2 Å². The lowest BCUT2D eigenvalue weighted by Crippen LogP contribution is -2.66. The largest absolute Gasteiger partial charge is 0.472 e. The summed E-state index contributed by atoms with van der Waals surface area (Å²) in [5.41, 5.74) is 1.19. The van der Waals surface area contributed by atoms with Gasteiger partial charge in [0.25, 0.3) is 0 Å². The van der Waals surface area contributed by atoms with Crippen LogP contribution in [-0.2, 0) is 28.6 Å². The van der Waals surface area contributed by atoms with Gasteiger partial charge in [-0.05, 0) is 54.9 Å². The molecule has 2 bridgehead atoms. The Morgan fingerprint density at radius 1 is 1.05 bits per heavy atom. The molecule has 1 aromatic heterocycles. The number of hydrogen-bond donors (Lipinski definition) is 0. The second-order valence-corrected chi connectivity index (χ2v) is 13.4. The maximum Gasteiger partial charge on any atom is 0.338 e. The molecule has 1 aromatic carbocycles. The number of hydrogen-bond acceptors (Lipinski definition) is 8.